The summed E-state index contributed by atoms with van der Waals surface area (Å²) in [5, 5.41) is 18.7. The number of carboxylic acid groups (broad SMARTS) is 1. The van der Waals surface area contributed by atoms with Crippen molar-refractivity contribution >= 4 is 5.97 Å². The van der Waals surface area contributed by atoms with Crippen molar-refractivity contribution in [3.8, 4) is 0 Å². The van der Waals surface area contributed by atoms with E-state index in [9.17, 15) is 4.79 Å². The normalized spacial score (nSPS) is 10.5. The number of nitrogens with zero attached hydrogens (tertiary/aromatic N) is 2. The Balaban J connectivity index is 1.83. The van der Waals surface area contributed by atoms with Crippen LogP contribution in [0.2, 0.25) is 0 Å². The number of carbonyl (C=O) groups is 1. The van der Waals surface area contributed by atoms with Gasteiger partial charge >= 0.3 is 5.97 Å². The van der Waals surface area contributed by atoms with Crippen LogP contribution in [0.5, 0.6) is 0 Å². The van der Waals surface area contributed by atoms with Crippen LogP contribution >= 0.6 is 0 Å². The molecule has 2 rings (SSSR count). The number of aromatic nitrogens is 2. The van der Waals surface area contributed by atoms with Crippen LogP contribution < -0.4 is 5.32 Å². The maximum absolute atomic E-state index is 10.5. The molecule has 0 aromatic carbocycles. The predicted octanol–water partition coefficient (Wildman–Crippen LogP) is 0.651. The highest BCUT2D eigenvalue weighted by Crippen LogP contribution is 2.03. The van der Waals surface area contributed by atoms with E-state index in [1.54, 1.807) is 6.07 Å². The molecule has 0 aliphatic rings. The SMILES string of the molecule is O=C(O)c1cc(CNCc2ccon2)on1. The smallest absolute Gasteiger partial charge is 0.358 e. The first-order valence-electron chi connectivity index (χ1n) is 4.54. The second-order valence-corrected chi connectivity index (χ2v) is 3.08. The van der Waals surface area contributed by atoms with Crippen molar-refractivity contribution in [3.05, 3.63) is 35.5 Å². The summed E-state index contributed by atoms with van der Waals surface area (Å²) in [4.78, 5) is 10.5. The summed E-state index contributed by atoms with van der Waals surface area (Å²) in [6.45, 7) is 0.896. The minimum Gasteiger partial charge on any atom is -0.476 e. The first kappa shape index (κ1) is 10.4. The number of carboxylic acids is 1. The lowest BCUT2D eigenvalue weighted by Crippen LogP contribution is -2.12. The van der Waals surface area contributed by atoms with Gasteiger partial charge < -0.3 is 19.5 Å². The van der Waals surface area contributed by atoms with E-state index in [1.807, 2.05) is 0 Å². The molecule has 7 heteroatoms. The number of hydrogen-bond donors (Lipinski definition) is 2. The summed E-state index contributed by atoms with van der Waals surface area (Å²) in [7, 11) is 0. The number of nitrogens with one attached hydrogen (secondary N) is 1. The molecule has 0 unspecified atom stereocenters. The zero-order valence-corrected chi connectivity index (χ0v) is 8.21. The highest BCUT2D eigenvalue weighted by atomic mass is 16.5. The molecule has 0 bridgehead atoms. The topological polar surface area (TPSA) is 101 Å². The zero-order chi connectivity index (χ0) is 11.4. The Bertz CT molecular complexity index is 463. The summed E-state index contributed by atoms with van der Waals surface area (Å²) in [5.74, 6) is -0.646. The predicted molar refractivity (Wildman–Crippen MR) is 50.5 cm³/mol. The molecule has 0 radical (unpaired) electrons. The molecular formula is C9H9N3O4. The lowest BCUT2D eigenvalue weighted by Gasteiger charge is -1.96. The van der Waals surface area contributed by atoms with Gasteiger partial charge in [0.05, 0.1) is 12.2 Å². The summed E-state index contributed by atoms with van der Waals surface area (Å²) in [6.07, 6.45) is 1.48. The molecule has 7 nitrogen and oxygen atoms in total. The van der Waals surface area contributed by atoms with Crippen molar-refractivity contribution in [2.75, 3.05) is 0 Å². The van der Waals surface area contributed by atoms with Crippen LogP contribution in [-0.2, 0) is 13.1 Å². The van der Waals surface area contributed by atoms with Crippen LogP contribution in [0.15, 0.2) is 27.4 Å². The van der Waals surface area contributed by atoms with Gasteiger partial charge in [-0.1, -0.05) is 10.3 Å². The van der Waals surface area contributed by atoms with Gasteiger partial charge in [-0.25, -0.2) is 4.79 Å². The van der Waals surface area contributed by atoms with Gasteiger partial charge in [0.15, 0.2) is 11.5 Å². The largest absolute Gasteiger partial charge is 0.476 e. The average molecular weight is 223 g/mol. The van der Waals surface area contributed by atoms with Gasteiger partial charge in [0.2, 0.25) is 0 Å². The van der Waals surface area contributed by atoms with Crippen LogP contribution in [-0.4, -0.2) is 21.4 Å². The van der Waals surface area contributed by atoms with Gasteiger partial charge in [-0.15, -0.1) is 0 Å². The summed E-state index contributed by atoms with van der Waals surface area (Å²) in [6, 6.07) is 3.11. The van der Waals surface area contributed by atoms with E-state index < -0.39 is 5.97 Å². The van der Waals surface area contributed by atoms with Crippen LogP contribution in [0.1, 0.15) is 21.9 Å². The van der Waals surface area contributed by atoms with Crippen LogP contribution in [0.3, 0.4) is 0 Å². The van der Waals surface area contributed by atoms with E-state index in [0.29, 0.717) is 18.8 Å². The standard InChI is InChI=1S/C9H9N3O4/c13-9(14)8-3-7(16-12-8)5-10-4-6-1-2-15-11-6/h1-3,10H,4-5H2,(H,13,14). The maximum Gasteiger partial charge on any atom is 0.358 e. The lowest BCUT2D eigenvalue weighted by atomic mass is 10.3. The zero-order valence-electron chi connectivity index (χ0n) is 8.21. The monoisotopic (exact) mass is 223 g/mol. The number of hydrogen-bond acceptors (Lipinski definition) is 6. The van der Waals surface area contributed by atoms with Gasteiger partial charge in [0, 0.05) is 18.7 Å². The highest BCUT2D eigenvalue weighted by Gasteiger charge is 2.10. The lowest BCUT2D eigenvalue weighted by molar-refractivity contribution is 0.0685. The van der Waals surface area contributed by atoms with E-state index in [0.717, 1.165) is 5.69 Å². The molecule has 0 amide bonds. The Morgan fingerprint density at radius 3 is 2.94 bits per heavy atom. The molecule has 0 aliphatic carbocycles. The van der Waals surface area contributed by atoms with Crippen LogP contribution in [0.25, 0.3) is 0 Å². The molecule has 0 fully saturated rings. The molecule has 0 spiro atoms. The van der Waals surface area contributed by atoms with E-state index in [4.69, 9.17) is 9.63 Å². The molecule has 2 aromatic rings. The molecule has 2 heterocycles. The third kappa shape index (κ3) is 2.45. The third-order valence-electron chi connectivity index (χ3n) is 1.87. The van der Waals surface area contributed by atoms with Crippen molar-refractivity contribution in [2.24, 2.45) is 0 Å². The fourth-order valence-corrected chi connectivity index (χ4v) is 1.14. The Labute approximate surface area is 90.0 Å². The van der Waals surface area contributed by atoms with Gasteiger partial charge in [-0.3, -0.25) is 0 Å². The molecule has 0 aliphatic heterocycles. The molecular weight excluding hydrogens is 214 g/mol. The van der Waals surface area contributed by atoms with E-state index >= 15 is 0 Å². The average Bonchev–Trinajstić information content (AvgIpc) is 2.87. The van der Waals surface area contributed by atoms with Gasteiger partial charge in [0.25, 0.3) is 0 Å². The van der Waals surface area contributed by atoms with Gasteiger partial charge in [0.1, 0.15) is 6.26 Å². The van der Waals surface area contributed by atoms with Gasteiger partial charge in [-0.2, -0.15) is 0 Å². The Kier molecular flexibility index (Phi) is 2.97. The fourth-order valence-electron chi connectivity index (χ4n) is 1.14. The minimum atomic E-state index is -1.11. The van der Waals surface area contributed by atoms with E-state index in [-0.39, 0.29) is 5.69 Å². The first-order chi connectivity index (χ1) is 7.75. The molecule has 84 valence electrons. The van der Waals surface area contributed by atoms with Crippen LogP contribution in [0.4, 0.5) is 0 Å². The fraction of sp³-hybridized carbons (Fsp3) is 0.222. The maximum atomic E-state index is 10.5. The van der Waals surface area contributed by atoms with Crippen LogP contribution in [0, 0.1) is 0 Å². The molecule has 0 saturated heterocycles. The van der Waals surface area contributed by atoms with E-state index in [2.05, 4.69) is 20.2 Å². The second kappa shape index (κ2) is 4.58. The molecule has 2 N–H and O–H groups in total. The summed E-state index contributed by atoms with van der Waals surface area (Å²) in [5.41, 5.74) is 0.663. The van der Waals surface area contributed by atoms with Crippen molar-refractivity contribution in [3.63, 3.8) is 0 Å². The molecule has 16 heavy (non-hydrogen) atoms. The Morgan fingerprint density at radius 1 is 1.44 bits per heavy atom. The molecule has 0 saturated carbocycles. The van der Waals surface area contributed by atoms with Crippen molar-refractivity contribution in [1.82, 2.24) is 15.6 Å². The van der Waals surface area contributed by atoms with Crippen molar-refractivity contribution < 1.29 is 18.9 Å². The summed E-state index contributed by atoms with van der Waals surface area (Å²) < 4.78 is 9.46. The minimum absolute atomic E-state index is 0.0989. The summed E-state index contributed by atoms with van der Waals surface area (Å²) >= 11 is 0. The Hall–Kier alpha value is -2.15. The van der Waals surface area contributed by atoms with E-state index in [1.165, 1.54) is 12.3 Å². The Morgan fingerprint density at radius 2 is 2.31 bits per heavy atom. The quantitative estimate of drug-likeness (QED) is 0.767. The highest BCUT2D eigenvalue weighted by molar-refractivity contribution is 5.85. The van der Waals surface area contributed by atoms with Crippen molar-refractivity contribution in [2.45, 2.75) is 13.1 Å². The third-order valence-corrected chi connectivity index (χ3v) is 1.87. The van der Waals surface area contributed by atoms with Crippen molar-refractivity contribution in [1.29, 1.82) is 0 Å². The molecule has 0 atom stereocenters. The number of rotatable bonds is 5. The number of aromatic carboxylic acids is 1. The van der Waals surface area contributed by atoms with Gasteiger partial charge in [-0.05, 0) is 0 Å². The first-order valence-corrected chi connectivity index (χ1v) is 4.54. The second-order valence-electron chi connectivity index (χ2n) is 3.08. The molecule has 2 aromatic heterocycles.